The number of hydrogen-bond donors (Lipinski definition) is 2. The number of ketones is 1. The second kappa shape index (κ2) is 6.13. The Morgan fingerprint density at radius 1 is 1.05 bits per heavy atom. The highest BCUT2D eigenvalue weighted by atomic mass is 35.5. The summed E-state index contributed by atoms with van der Waals surface area (Å²) in [5, 5.41) is 38.0. The summed E-state index contributed by atoms with van der Waals surface area (Å²) in [6.07, 6.45) is 0. The molecule has 0 amide bonds. The molecule has 116 valence electrons. The highest BCUT2D eigenvalue weighted by Crippen LogP contribution is 2.34. The molecule has 22 heavy (non-hydrogen) atoms. The first-order valence-corrected chi connectivity index (χ1v) is 5.57. The molecule has 0 aliphatic heterocycles. The van der Waals surface area contributed by atoms with Crippen LogP contribution in [-0.2, 0) is 9.59 Å². The van der Waals surface area contributed by atoms with Gasteiger partial charge in [-0.3, -0.25) is 34.6 Å². The molecule has 0 heterocycles. The summed E-state index contributed by atoms with van der Waals surface area (Å²) in [6.45, 7) is 0. The Balaban J connectivity index is 3.61. The van der Waals surface area contributed by atoms with Gasteiger partial charge in [0.05, 0.1) is 21.5 Å². The van der Waals surface area contributed by atoms with Crippen molar-refractivity contribution < 1.29 is 34.4 Å². The van der Waals surface area contributed by atoms with Gasteiger partial charge in [-0.1, -0.05) is 11.6 Å². The average Bonchev–Trinajstić information content (AvgIpc) is 2.36. The molecular formula is C10H5ClN2O9. The Kier molecular flexibility index (Phi) is 4.73. The van der Waals surface area contributed by atoms with Crippen molar-refractivity contribution in [1.29, 1.82) is 0 Å². The lowest BCUT2D eigenvalue weighted by Gasteiger charge is -2.08. The van der Waals surface area contributed by atoms with E-state index in [4.69, 9.17) is 21.8 Å². The second-order valence-electron chi connectivity index (χ2n) is 3.81. The molecule has 1 rings (SSSR count). The minimum Gasteiger partial charge on any atom is -0.480 e. The van der Waals surface area contributed by atoms with Gasteiger partial charge in [-0.2, -0.15) is 0 Å². The van der Waals surface area contributed by atoms with E-state index in [0.29, 0.717) is 12.1 Å². The normalized spacial score (nSPS) is 10.3. The third-order valence-electron chi connectivity index (χ3n) is 2.47. The number of nitro benzene ring substituents is 2. The van der Waals surface area contributed by atoms with Gasteiger partial charge in [-0.05, 0) is 0 Å². The Bertz CT molecular complexity index is 701. The Morgan fingerprint density at radius 3 is 1.91 bits per heavy atom. The SMILES string of the molecule is O=C(O)C(C(=O)O)C(=O)c1cc([N+](=O)[O-])cc([N+](=O)[O-])c1Cl. The number of carboxylic acids is 2. The fraction of sp³-hybridized carbons (Fsp3) is 0.100. The summed E-state index contributed by atoms with van der Waals surface area (Å²) in [5.41, 5.74) is -2.86. The number of Topliss-reactive ketones (excluding diaryl/α,β-unsaturated/α-hetero) is 1. The molecule has 0 bridgehead atoms. The van der Waals surface area contributed by atoms with Crippen molar-refractivity contribution in [2.75, 3.05) is 0 Å². The van der Waals surface area contributed by atoms with E-state index in [1.165, 1.54) is 0 Å². The standard InChI is InChI=1S/C10H5ClN2O9/c11-7-4(8(14)6(9(15)16)10(17)18)1-3(12(19)20)2-5(7)13(21)22/h1-2,6H,(H,15,16)(H,17,18). The number of nitrogens with zero attached hydrogens (tertiary/aromatic N) is 2. The number of rotatable bonds is 6. The van der Waals surface area contributed by atoms with Gasteiger partial charge in [0.25, 0.3) is 11.4 Å². The molecule has 0 spiro atoms. The van der Waals surface area contributed by atoms with Crippen molar-refractivity contribution in [2.24, 2.45) is 5.92 Å². The molecule has 0 aromatic heterocycles. The zero-order valence-electron chi connectivity index (χ0n) is 10.3. The topological polar surface area (TPSA) is 178 Å². The molecule has 0 atom stereocenters. The van der Waals surface area contributed by atoms with Crippen LogP contribution in [0, 0.1) is 26.1 Å². The molecule has 0 aliphatic carbocycles. The van der Waals surface area contributed by atoms with E-state index in [1.807, 2.05) is 0 Å². The summed E-state index contributed by atoms with van der Waals surface area (Å²) in [5.74, 6) is -8.29. The Labute approximate surface area is 125 Å². The van der Waals surface area contributed by atoms with Crippen molar-refractivity contribution in [3.63, 3.8) is 0 Å². The first kappa shape index (κ1) is 17.0. The molecule has 11 nitrogen and oxygen atoms in total. The van der Waals surface area contributed by atoms with Gasteiger partial charge in [0, 0.05) is 6.07 Å². The number of halogens is 1. The number of carbonyl (C=O) groups excluding carboxylic acids is 1. The van der Waals surface area contributed by atoms with Crippen molar-refractivity contribution >= 4 is 40.7 Å². The van der Waals surface area contributed by atoms with E-state index in [1.54, 1.807) is 0 Å². The van der Waals surface area contributed by atoms with Crippen LogP contribution in [0.15, 0.2) is 12.1 Å². The van der Waals surface area contributed by atoms with Crippen LogP contribution in [0.1, 0.15) is 10.4 Å². The minimum absolute atomic E-state index is 0.468. The van der Waals surface area contributed by atoms with Crippen molar-refractivity contribution in [3.05, 3.63) is 42.9 Å². The van der Waals surface area contributed by atoms with Gasteiger partial charge in [0.1, 0.15) is 5.02 Å². The highest BCUT2D eigenvalue weighted by molar-refractivity contribution is 6.37. The van der Waals surface area contributed by atoms with Crippen LogP contribution in [0.2, 0.25) is 5.02 Å². The molecule has 0 radical (unpaired) electrons. The van der Waals surface area contributed by atoms with Gasteiger partial charge in [0.2, 0.25) is 5.92 Å². The number of carboxylic acid groups (broad SMARTS) is 2. The molecule has 1 aromatic carbocycles. The van der Waals surface area contributed by atoms with Gasteiger partial charge in [0.15, 0.2) is 5.78 Å². The monoisotopic (exact) mass is 332 g/mol. The maximum absolute atomic E-state index is 11.9. The summed E-state index contributed by atoms with van der Waals surface area (Å²) >= 11 is 5.56. The lowest BCUT2D eigenvalue weighted by Crippen LogP contribution is -2.31. The van der Waals surface area contributed by atoms with Gasteiger partial charge in [-0.15, -0.1) is 0 Å². The van der Waals surface area contributed by atoms with Gasteiger partial charge < -0.3 is 10.2 Å². The van der Waals surface area contributed by atoms with Crippen LogP contribution in [0.3, 0.4) is 0 Å². The number of nitro groups is 2. The van der Waals surface area contributed by atoms with Crippen LogP contribution in [0.25, 0.3) is 0 Å². The zero-order chi connectivity index (χ0) is 17.2. The van der Waals surface area contributed by atoms with E-state index >= 15 is 0 Å². The summed E-state index contributed by atoms with van der Waals surface area (Å²) in [4.78, 5) is 52.8. The fourth-order valence-corrected chi connectivity index (χ4v) is 1.77. The quantitative estimate of drug-likeness (QED) is 0.334. The molecular weight excluding hydrogens is 328 g/mol. The van der Waals surface area contributed by atoms with Crippen molar-refractivity contribution in [1.82, 2.24) is 0 Å². The first-order valence-electron chi connectivity index (χ1n) is 5.20. The van der Waals surface area contributed by atoms with E-state index < -0.39 is 55.4 Å². The summed E-state index contributed by atoms with van der Waals surface area (Å²) in [7, 11) is 0. The second-order valence-corrected chi connectivity index (χ2v) is 4.19. The minimum atomic E-state index is -2.60. The van der Waals surface area contributed by atoms with Crippen LogP contribution in [-0.4, -0.2) is 37.8 Å². The zero-order valence-corrected chi connectivity index (χ0v) is 11.0. The number of benzene rings is 1. The smallest absolute Gasteiger partial charge is 0.325 e. The predicted octanol–water partition coefficient (Wildman–Crippen LogP) is 1.12. The molecule has 1 aromatic rings. The first-order chi connectivity index (χ1) is 10.1. The summed E-state index contributed by atoms with van der Waals surface area (Å²) in [6, 6.07) is 0.951. The number of aliphatic carboxylic acids is 2. The third-order valence-corrected chi connectivity index (χ3v) is 2.86. The number of non-ortho nitro benzene ring substituents is 1. The maximum Gasteiger partial charge on any atom is 0.325 e. The molecule has 2 N–H and O–H groups in total. The van der Waals surface area contributed by atoms with Crippen molar-refractivity contribution in [3.8, 4) is 0 Å². The predicted molar refractivity (Wildman–Crippen MR) is 67.9 cm³/mol. The van der Waals surface area contributed by atoms with Gasteiger partial charge in [-0.25, -0.2) is 0 Å². The van der Waals surface area contributed by atoms with Crippen LogP contribution < -0.4 is 0 Å². The van der Waals surface area contributed by atoms with Gasteiger partial charge >= 0.3 is 11.9 Å². The van der Waals surface area contributed by atoms with E-state index in [9.17, 15) is 34.6 Å². The maximum atomic E-state index is 11.9. The van der Waals surface area contributed by atoms with E-state index in [-0.39, 0.29) is 0 Å². The van der Waals surface area contributed by atoms with E-state index in [0.717, 1.165) is 0 Å². The average molecular weight is 333 g/mol. The number of hydrogen-bond acceptors (Lipinski definition) is 7. The van der Waals surface area contributed by atoms with Crippen molar-refractivity contribution in [2.45, 2.75) is 0 Å². The third kappa shape index (κ3) is 3.15. The van der Waals surface area contributed by atoms with Crippen LogP contribution >= 0.6 is 11.6 Å². The Morgan fingerprint density at radius 2 is 1.55 bits per heavy atom. The molecule has 12 heteroatoms. The van der Waals surface area contributed by atoms with Crippen LogP contribution in [0.5, 0.6) is 0 Å². The lowest BCUT2D eigenvalue weighted by molar-refractivity contribution is -0.394. The van der Waals surface area contributed by atoms with E-state index in [2.05, 4.69) is 0 Å². The Hall–Kier alpha value is -3.08. The molecule has 0 aliphatic rings. The number of carbonyl (C=O) groups is 3. The molecule has 0 unspecified atom stereocenters. The largest absolute Gasteiger partial charge is 0.480 e. The highest BCUT2D eigenvalue weighted by Gasteiger charge is 2.38. The molecule has 0 saturated heterocycles. The molecule has 0 fully saturated rings. The lowest BCUT2D eigenvalue weighted by atomic mass is 9.97. The molecule has 0 saturated carbocycles. The fourth-order valence-electron chi connectivity index (χ4n) is 1.50. The summed E-state index contributed by atoms with van der Waals surface area (Å²) < 4.78 is 0. The van der Waals surface area contributed by atoms with Crippen LogP contribution in [0.4, 0.5) is 11.4 Å².